The Morgan fingerprint density at radius 3 is 1.82 bits per heavy atom. The van der Waals surface area contributed by atoms with Crippen molar-refractivity contribution in [3.63, 3.8) is 0 Å². The lowest BCUT2D eigenvalue weighted by molar-refractivity contribution is -0.361. The Bertz CT molecular complexity index is 1150. The smallest absolute Gasteiger partial charge is 0.303 e. The van der Waals surface area contributed by atoms with Gasteiger partial charge >= 0.3 is 5.97 Å². The van der Waals surface area contributed by atoms with Gasteiger partial charge in [-0.1, -0.05) is 97.1 Å². The number of benzene rings is 3. The Kier molecular flexibility index (Phi) is 10.4. The highest BCUT2D eigenvalue weighted by atomic mass is 16.7. The van der Waals surface area contributed by atoms with Gasteiger partial charge in [-0.2, -0.15) is 0 Å². The van der Waals surface area contributed by atoms with Crippen LogP contribution in [0.15, 0.2) is 104 Å². The zero-order valence-electron chi connectivity index (χ0n) is 22.2. The molecule has 0 spiro atoms. The first kappa shape index (κ1) is 28.7. The molecule has 0 aromatic heterocycles. The van der Waals surface area contributed by atoms with E-state index in [0.717, 1.165) is 16.7 Å². The molecule has 7 nitrogen and oxygen atoms in total. The summed E-state index contributed by atoms with van der Waals surface area (Å²) in [6, 6.07) is 29.2. The molecule has 0 unspecified atom stereocenters. The molecule has 1 aliphatic rings. The molecule has 0 aliphatic carbocycles. The van der Waals surface area contributed by atoms with Gasteiger partial charge in [0.25, 0.3) is 0 Å². The van der Waals surface area contributed by atoms with E-state index in [0.29, 0.717) is 6.61 Å². The highest BCUT2D eigenvalue weighted by molar-refractivity contribution is 5.66. The fourth-order valence-corrected chi connectivity index (χ4v) is 4.66. The lowest BCUT2D eigenvalue weighted by atomic mass is 9.89. The van der Waals surface area contributed by atoms with Crippen molar-refractivity contribution in [2.45, 2.75) is 63.4 Å². The third-order valence-electron chi connectivity index (χ3n) is 6.48. The monoisotopic (exact) mass is 532 g/mol. The molecule has 0 bridgehead atoms. The summed E-state index contributed by atoms with van der Waals surface area (Å²) in [5.41, 5.74) is 2.89. The minimum atomic E-state index is -1.89. The average molecular weight is 533 g/mol. The average Bonchev–Trinajstić information content (AvgIpc) is 2.94. The van der Waals surface area contributed by atoms with E-state index >= 15 is 0 Å². The summed E-state index contributed by atoms with van der Waals surface area (Å²) in [6.07, 6.45) is -1.94. The van der Waals surface area contributed by atoms with Gasteiger partial charge in [-0.25, -0.2) is 0 Å². The molecule has 3 aromatic carbocycles. The first-order valence-corrected chi connectivity index (χ1v) is 13.1. The molecule has 0 amide bonds. The van der Waals surface area contributed by atoms with E-state index in [1.807, 2.05) is 91.0 Å². The molecule has 1 heterocycles. The second-order valence-corrected chi connectivity index (χ2v) is 9.55. The highest BCUT2D eigenvalue weighted by Crippen LogP contribution is 2.37. The fourth-order valence-electron chi connectivity index (χ4n) is 4.66. The Balaban J connectivity index is 1.63. The van der Waals surface area contributed by atoms with E-state index in [-0.39, 0.29) is 26.2 Å². The van der Waals surface area contributed by atoms with Crippen molar-refractivity contribution in [3.8, 4) is 0 Å². The molecule has 206 valence electrons. The van der Waals surface area contributed by atoms with Gasteiger partial charge in [0.1, 0.15) is 18.3 Å². The van der Waals surface area contributed by atoms with E-state index in [4.69, 9.17) is 23.7 Å². The molecular formula is C32H36O7. The van der Waals surface area contributed by atoms with E-state index in [1.54, 1.807) is 0 Å². The summed E-state index contributed by atoms with van der Waals surface area (Å²) in [5, 5.41) is 11.7. The zero-order valence-corrected chi connectivity index (χ0v) is 22.2. The molecule has 39 heavy (non-hydrogen) atoms. The van der Waals surface area contributed by atoms with Gasteiger partial charge < -0.3 is 28.8 Å². The normalized spacial score (nSPS) is 24.7. The van der Waals surface area contributed by atoms with Crippen LogP contribution in [0, 0.1) is 0 Å². The van der Waals surface area contributed by atoms with Crippen molar-refractivity contribution in [3.05, 3.63) is 120 Å². The zero-order chi connectivity index (χ0) is 27.5. The van der Waals surface area contributed by atoms with Crippen molar-refractivity contribution in [2.24, 2.45) is 0 Å². The van der Waals surface area contributed by atoms with Crippen molar-refractivity contribution >= 4 is 5.97 Å². The Labute approximate surface area is 229 Å². The number of hydrogen-bond acceptors (Lipinski definition) is 7. The van der Waals surface area contributed by atoms with E-state index in [2.05, 4.69) is 6.58 Å². The topological polar surface area (TPSA) is 83.5 Å². The number of ether oxygens (including phenoxy) is 5. The van der Waals surface area contributed by atoms with Crippen molar-refractivity contribution in [1.29, 1.82) is 0 Å². The van der Waals surface area contributed by atoms with Crippen molar-refractivity contribution in [1.82, 2.24) is 0 Å². The van der Waals surface area contributed by atoms with Crippen LogP contribution in [0.2, 0.25) is 0 Å². The van der Waals surface area contributed by atoms with Crippen LogP contribution in [0.3, 0.4) is 0 Å². The standard InChI is InChI=1S/C32H36O7/c1-3-19-32(34)31(38-24(2)33)30(37-22-27-17-11-6-12-18-27)29(36-21-26-15-9-5-10-16-26)28(39-32)23-35-20-25-13-7-4-8-14-25/h3-18,28-31,34H,1,19-23H2,2H3/t28-,29-,30+,31+,32+/m1/s1. The second kappa shape index (κ2) is 14.2. The number of aliphatic hydroxyl groups is 1. The fraction of sp³-hybridized carbons (Fsp3) is 0.344. The van der Waals surface area contributed by atoms with Gasteiger partial charge in [-0.15, -0.1) is 6.58 Å². The molecule has 1 saturated heterocycles. The van der Waals surface area contributed by atoms with Crippen molar-refractivity contribution in [2.75, 3.05) is 6.61 Å². The predicted molar refractivity (Wildman–Crippen MR) is 146 cm³/mol. The molecule has 5 atom stereocenters. The number of carbonyl (C=O) groups is 1. The van der Waals surface area contributed by atoms with Crippen LogP contribution in [-0.2, 0) is 48.3 Å². The van der Waals surface area contributed by atoms with Crippen LogP contribution in [0.4, 0.5) is 0 Å². The van der Waals surface area contributed by atoms with Crippen LogP contribution in [0.25, 0.3) is 0 Å². The molecule has 1 aliphatic heterocycles. The number of hydrogen-bond donors (Lipinski definition) is 1. The third-order valence-corrected chi connectivity index (χ3v) is 6.48. The maximum absolute atomic E-state index is 12.2. The third kappa shape index (κ3) is 8.08. The Hall–Kier alpha value is -3.33. The highest BCUT2D eigenvalue weighted by Gasteiger charge is 2.56. The van der Waals surface area contributed by atoms with Crippen LogP contribution in [-0.4, -0.2) is 47.9 Å². The summed E-state index contributed by atoms with van der Waals surface area (Å²) in [5.74, 6) is -2.46. The Morgan fingerprint density at radius 2 is 1.33 bits per heavy atom. The minimum absolute atomic E-state index is 0.0106. The predicted octanol–water partition coefficient (Wildman–Crippen LogP) is 4.97. The van der Waals surface area contributed by atoms with E-state index < -0.39 is 36.2 Å². The van der Waals surface area contributed by atoms with E-state index in [9.17, 15) is 9.90 Å². The Morgan fingerprint density at radius 1 is 0.846 bits per heavy atom. The van der Waals surface area contributed by atoms with Gasteiger partial charge in [0, 0.05) is 13.3 Å². The molecule has 0 saturated carbocycles. The van der Waals surface area contributed by atoms with Gasteiger partial charge in [0.15, 0.2) is 6.10 Å². The quantitative estimate of drug-likeness (QED) is 0.246. The SMILES string of the molecule is C=CC[C@]1(O)O[C@H](COCc2ccccc2)[C@@H](OCc2ccccc2)[C@H](OCc2ccccc2)[C@@H]1OC(C)=O. The van der Waals surface area contributed by atoms with Gasteiger partial charge in [-0.3, -0.25) is 4.79 Å². The molecule has 1 fully saturated rings. The molecule has 1 N–H and O–H groups in total. The number of esters is 1. The van der Waals surface area contributed by atoms with Crippen LogP contribution >= 0.6 is 0 Å². The largest absolute Gasteiger partial charge is 0.454 e. The summed E-state index contributed by atoms with van der Waals surface area (Å²) in [7, 11) is 0. The maximum Gasteiger partial charge on any atom is 0.303 e. The van der Waals surface area contributed by atoms with E-state index in [1.165, 1.54) is 13.0 Å². The molecule has 0 radical (unpaired) electrons. The van der Waals surface area contributed by atoms with Gasteiger partial charge in [-0.05, 0) is 16.7 Å². The number of carbonyl (C=O) groups excluding carboxylic acids is 1. The summed E-state index contributed by atoms with van der Waals surface area (Å²) < 4.78 is 30.7. The lowest BCUT2D eigenvalue weighted by Gasteiger charge is -2.49. The summed E-state index contributed by atoms with van der Waals surface area (Å²) in [4.78, 5) is 12.2. The van der Waals surface area contributed by atoms with Gasteiger partial charge in [0.05, 0.1) is 26.4 Å². The van der Waals surface area contributed by atoms with Gasteiger partial charge in [0.2, 0.25) is 5.79 Å². The summed E-state index contributed by atoms with van der Waals surface area (Å²) in [6.45, 7) is 6.02. The second-order valence-electron chi connectivity index (χ2n) is 9.55. The summed E-state index contributed by atoms with van der Waals surface area (Å²) >= 11 is 0. The molecule has 4 rings (SSSR count). The molecule has 3 aromatic rings. The van der Waals surface area contributed by atoms with Crippen LogP contribution < -0.4 is 0 Å². The minimum Gasteiger partial charge on any atom is -0.454 e. The molecule has 7 heteroatoms. The first-order chi connectivity index (χ1) is 19.0. The maximum atomic E-state index is 12.2. The van der Waals surface area contributed by atoms with Crippen molar-refractivity contribution < 1.29 is 33.6 Å². The number of rotatable bonds is 13. The molecular weight excluding hydrogens is 496 g/mol. The lowest BCUT2D eigenvalue weighted by Crippen LogP contribution is -2.67. The first-order valence-electron chi connectivity index (χ1n) is 13.1. The van der Waals surface area contributed by atoms with Crippen LogP contribution in [0.5, 0.6) is 0 Å². The van der Waals surface area contributed by atoms with Crippen LogP contribution in [0.1, 0.15) is 30.0 Å².